The third kappa shape index (κ3) is 33.8. The van der Waals surface area contributed by atoms with Crippen LogP contribution in [-0.4, -0.2) is 75.6 Å². The molecule has 0 aliphatic carbocycles. The number of unbranched alkanes of at least 4 members (excludes halogenated alkanes) is 10. The summed E-state index contributed by atoms with van der Waals surface area (Å²) in [5.41, 5.74) is 0. The predicted molar refractivity (Wildman–Crippen MR) is 192 cm³/mol. The number of hydrogen-bond acceptors (Lipinski definition) is 6. The van der Waals surface area contributed by atoms with Crippen LogP contribution in [0.4, 0.5) is 0 Å². The van der Waals surface area contributed by atoms with Gasteiger partial charge >= 0.3 is 13.8 Å². The second-order valence-corrected chi connectivity index (χ2v) is 14.3. The van der Waals surface area contributed by atoms with Gasteiger partial charge in [0.05, 0.1) is 34.4 Å². The lowest BCUT2D eigenvalue weighted by molar-refractivity contribution is -0.870. The first-order valence-corrected chi connectivity index (χ1v) is 19.4. The highest BCUT2D eigenvalue weighted by molar-refractivity contribution is 7.47. The summed E-state index contributed by atoms with van der Waals surface area (Å²) in [4.78, 5) is 22.7. The quantitative estimate of drug-likeness (QED) is 0.0251. The van der Waals surface area contributed by atoms with E-state index in [9.17, 15) is 14.3 Å². The van der Waals surface area contributed by atoms with E-state index in [2.05, 4.69) is 62.5 Å². The van der Waals surface area contributed by atoms with Crippen molar-refractivity contribution in [2.45, 2.75) is 129 Å². The molecule has 0 aliphatic rings. The van der Waals surface area contributed by atoms with E-state index in [1.807, 2.05) is 21.1 Å². The summed E-state index contributed by atoms with van der Waals surface area (Å²) in [6, 6.07) is 0. The molecule has 8 nitrogen and oxygen atoms in total. The Morgan fingerprint density at radius 2 is 1.26 bits per heavy atom. The first-order chi connectivity index (χ1) is 22.1. The molecule has 2 atom stereocenters. The van der Waals surface area contributed by atoms with Gasteiger partial charge in [-0.2, -0.15) is 0 Å². The first kappa shape index (κ1) is 44.5. The van der Waals surface area contributed by atoms with Crippen molar-refractivity contribution in [1.82, 2.24) is 0 Å². The van der Waals surface area contributed by atoms with Gasteiger partial charge in [-0.3, -0.25) is 13.8 Å². The molecule has 46 heavy (non-hydrogen) atoms. The Morgan fingerprint density at radius 3 is 1.91 bits per heavy atom. The summed E-state index contributed by atoms with van der Waals surface area (Å²) in [5.74, 6) is -0.349. The molecule has 0 radical (unpaired) electrons. The van der Waals surface area contributed by atoms with Gasteiger partial charge in [0, 0.05) is 13.0 Å². The second-order valence-electron chi connectivity index (χ2n) is 12.9. The Morgan fingerprint density at radius 1 is 0.696 bits per heavy atom. The van der Waals surface area contributed by atoms with Crippen molar-refractivity contribution in [1.29, 1.82) is 0 Å². The van der Waals surface area contributed by atoms with E-state index < -0.39 is 13.9 Å². The number of esters is 1. The molecule has 0 fully saturated rings. The Labute approximate surface area is 282 Å². The van der Waals surface area contributed by atoms with Gasteiger partial charge in [-0.15, -0.1) is 0 Å². The van der Waals surface area contributed by atoms with Gasteiger partial charge in [0.15, 0.2) is 0 Å². The van der Waals surface area contributed by atoms with Crippen LogP contribution in [0.25, 0.3) is 0 Å². The molecule has 0 saturated carbocycles. The van der Waals surface area contributed by atoms with Crippen LogP contribution in [0, 0.1) is 0 Å². The Bertz CT molecular complexity index is 879. The van der Waals surface area contributed by atoms with Crippen LogP contribution in [0.2, 0.25) is 0 Å². The van der Waals surface area contributed by atoms with Crippen LogP contribution in [0.15, 0.2) is 48.6 Å². The molecule has 0 aromatic carbocycles. The van der Waals surface area contributed by atoms with Crippen molar-refractivity contribution in [2.24, 2.45) is 0 Å². The molecule has 0 aromatic rings. The van der Waals surface area contributed by atoms with Crippen LogP contribution in [0.1, 0.15) is 123 Å². The van der Waals surface area contributed by atoms with Gasteiger partial charge < -0.3 is 18.9 Å². The predicted octanol–water partition coefficient (Wildman–Crippen LogP) is 9.65. The maximum atomic E-state index is 12.6. The number of phosphoric ester groups is 1. The molecule has 1 N–H and O–H groups in total. The molecule has 0 heterocycles. The van der Waals surface area contributed by atoms with Crippen LogP contribution < -0.4 is 0 Å². The van der Waals surface area contributed by atoms with Crippen LogP contribution in [0.3, 0.4) is 0 Å². The third-order valence-corrected chi connectivity index (χ3v) is 8.09. The summed E-state index contributed by atoms with van der Waals surface area (Å²) in [5, 5.41) is 0. The van der Waals surface area contributed by atoms with E-state index in [4.69, 9.17) is 18.5 Å². The van der Waals surface area contributed by atoms with Crippen LogP contribution >= 0.6 is 7.82 Å². The number of phosphoric acid groups is 1. The van der Waals surface area contributed by atoms with Crippen molar-refractivity contribution in [3.8, 4) is 0 Å². The van der Waals surface area contributed by atoms with E-state index in [1.54, 1.807) is 0 Å². The zero-order chi connectivity index (χ0) is 34.2. The first-order valence-electron chi connectivity index (χ1n) is 17.9. The van der Waals surface area contributed by atoms with E-state index >= 15 is 0 Å². The molecule has 0 rings (SSSR count). The number of hydrogen-bond donors (Lipinski definition) is 1. The summed E-state index contributed by atoms with van der Waals surface area (Å²) in [7, 11) is 1.63. The van der Waals surface area contributed by atoms with Gasteiger partial charge in [0.2, 0.25) is 0 Å². The van der Waals surface area contributed by atoms with Crippen molar-refractivity contribution in [3.63, 3.8) is 0 Å². The molecule has 0 saturated heterocycles. The highest BCUT2D eigenvalue weighted by atomic mass is 31.2. The molecular formula is C37H69NO7P+. The second kappa shape index (κ2) is 30.8. The van der Waals surface area contributed by atoms with Crippen LogP contribution in [-0.2, 0) is 27.9 Å². The number of ether oxygens (including phenoxy) is 2. The molecule has 0 aliphatic heterocycles. The standard InChI is InChI=1S/C37H68NO7P/c1-6-8-10-12-14-16-18-19-20-22-24-26-28-30-37(39)45-36(35-44-46(40,41)43-33-31-38(3,4)5)34-42-32-29-27-25-23-21-17-15-13-11-9-7-2/h8,10-11,13-14,16,19-20,36H,6-7,9,12,15,17-18,21-35H2,1-5H3/p+1/b10-8-,13-11-,16-14-,20-19-. The van der Waals surface area contributed by atoms with Gasteiger partial charge in [-0.05, 0) is 64.2 Å². The van der Waals surface area contributed by atoms with E-state index in [-0.39, 0.29) is 25.8 Å². The van der Waals surface area contributed by atoms with Crippen molar-refractivity contribution < 1.29 is 37.3 Å². The Kier molecular flexibility index (Phi) is 29.7. The molecule has 9 heteroatoms. The molecule has 2 unspecified atom stereocenters. The van der Waals surface area contributed by atoms with E-state index in [1.165, 1.54) is 44.9 Å². The van der Waals surface area contributed by atoms with Gasteiger partial charge in [-0.25, -0.2) is 4.57 Å². The topological polar surface area (TPSA) is 91.3 Å². The maximum absolute atomic E-state index is 12.6. The molecule has 0 spiro atoms. The SMILES string of the molecule is CC/C=C\C/C=C\C/C=C\CCCCCC(=O)OC(COCCCCCCCC/C=C\CCC)COP(=O)(O)OCC[N+](C)(C)C. The fraction of sp³-hybridized carbons (Fsp3) is 0.757. The normalized spacial score (nSPS) is 14.7. The number of rotatable bonds is 32. The molecular weight excluding hydrogens is 601 g/mol. The number of carbonyl (C=O) groups excluding carboxylic acids is 1. The number of likely N-dealkylation sites (N-methyl/N-ethyl adjacent to an activating group) is 1. The van der Waals surface area contributed by atoms with Crippen LogP contribution in [0.5, 0.6) is 0 Å². The zero-order valence-electron chi connectivity index (χ0n) is 30.0. The fourth-order valence-corrected chi connectivity index (χ4v) is 5.07. The molecule has 0 bridgehead atoms. The monoisotopic (exact) mass is 670 g/mol. The number of carbonyl (C=O) groups is 1. The number of quaternary nitrogens is 1. The largest absolute Gasteiger partial charge is 0.472 e. The zero-order valence-corrected chi connectivity index (χ0v) is 30.9. The summed E-state index contributed by atoms with van der Waals surface area (Å²) in [6.45, 7) is 5.36. The number of nitrogens with zero attached hydrogens (tertiary/aromatic N) is 1. The lowest BCUT2D eigenvalue weighted by Crippen LogP contribution is -2.37. The third-order valence-electron chi connectivity index (χ3n) is 7.11. The van der Waals surface area contributed by atoms with Crippen molar-refractivity contribution in [2.75, 3.05) is 54.1 Å². The Hall–Kier alpha value is -1.54. The van der Waals surface area contributed by atoms with Gasteiger partial charge in [-0.1, -0.05) is 101 Å². The lowest BCUT2D eigenvalue weighted by atomic mass is 10.1. The minimum absolute atomic E-state index is 0.0797. The fourth-order valence-electron chi connectivity index (χ4n) is 4.33. The average Bonchev–Trinajstić information content (AvgIpc) is 2.99. The highest BCUT2D eigenvalue weighted by Gasteiger charge is 2.26. The maximum Gasteiger partial charge on any atom is 0.472 e. The van der Waals surface area contributed by atoms with E-state index in [0.29, 0.717) is 24.1 Å². The van der Waals surface area contributed by atoms with E-state index in [0.717, 1.165) is 57.8 Å². The average molecular weight is 671 g/mol. The molecule has 0 amide bonds. The van der Waals surface area contributed by atoms with Crippen molar-refractivity contribution in [3.05, 3.63) is 48.6 Å². The summed E-state index contributed by atoms with van der Waals surface area (Å²) < 4.78 is 34.7. The summed E-state index contributed by atoms with van der Waals surface area (Å²) >= 11 is 0. The number of allylic oxidation sites excluding steroid dienone is 8. The summed E-state index contributed by atoms with van der Waals surface area (Å²) in [6.07, 6.45) is 34.3. The van der Waals surface area contributed by atoms with Gasteiger partial charge in [0.1, 0.15) is 19.3 Å². The minimum atomic E-state index is -4.27. The lowest BCUT2D eigenvalue weighted by Gasteiger charge is -2.24. The van der Waals surface area contributed by atoms with Gasteiger partial charge in [0.25, 0.3) is 0 Å². The molecule has 268 valence electrons. The van der Waals surface area contributed by atoms with Crippen molar-refractivity contribution >= 4 is 13.8 Å². The Balaban J connectivity index is 4.41. The smallest absolute Gasteiger partial charge is 0.457 e. The minimum Gasteiger partial charge on any atom is -0.457 e. The molecule has 0 aromatic heterocycles. The highest BCUT2D eigenvalue weighted by Crippen LogP contribution is 2.43.